The standard InChI is InChI=1S/C13H23N5O5/c14-16-13(20)10-2-1-3-11(8-10)23-9-12(17-18-15)22-7-6-21-5-4-19/h4,10-12H,1-3,5-9,14H2,(H,16,20). The van der Waals surface area contributed by atoms with E-state index in [0.29, 0.717) is 12.7 Å². The zero-order valence-corrected chi connectivity index (χ0v) is 12.9. The van der Waals surface area contributed by atoms with Crippen LogP contribution in [0.2, 0.25) is 0 Å². The monoisotopic (exact) mass is 329 g/mol. The van der Waals surface area contributed by atoms with E-state index >= 15 is 0 Å². The van der Waals surface area contributed by atoms with Gasteiger partial charge in [0.25, 0.3) is 0 Å². The van der Waals surface area contributed by atoms with Crippen molar-refractivity contribution in [3.63, 3.8) is 0 Å². The second kappa shape index (κ2) is 11.8. The third-order valence-electron chi connectivity index (χ3n) is 3.52. The molecule has 0 radical (unpaired) electrons. The fourth-order valence-electron chi connectivity index (χ4n) is 2.42. The van der Waals surface area contributed by atoms with E-state index in [4.69, 9.17) is 25.6 Å². The second-order valence-electron chi connectivity index (χ2n) is 5.10. The van der Waals surface area contributed by atoms with Crippen LogP contribution in [0, 0.1) is 5.92 Å². The Morgan fingerprint density at radius 1 is 1.48 bits per heavy atom. The predicted octanol–water partition coefficient (Wildman–Crippen LogP) is 0.420. The molecular weight excluding hydrogens is 306 g/mol. The van der Waals surface area contributed by atoms with E-state index < -0.39 is 6.23 Å². The summed E-state index contributed by atoms with van der Waals surface area (Å²) in [6.07, 6.45) is 2.84. The summed E-state index contributed by atoms with van der Waals surface area (Å²) < 4.78 is 16.0. The highest BCUT2D eigenvalue weighted by atomic mass is 16.6. The molecule has 0 spiro atoms. The molecule has 1 rings (SSSR count). The van der Waals surface area contributed by atoms with Crippen molar-refractivity contribution in [2.75, 3.05) is 26.4 Å². The van der Waals surface area contributed by atoms with Gasteiger partial charge < -0.3 is 19.0 Å². The molecule has 0 aromatic heterocycles. The van der Waals surface area contributed by atoms with Gasteiger partial charge in [-0.2, -0.15) is 0 Å². The molecule has 1 aliphatic rings. The summed E-state index contributed by atoms with van der Waals surface area (Å²) in [6.45, 7) is 0.500. The zero-order chi connectivity index (χ0) is 16.9. The Hall–Kier alpha value is -1.71. The first-order chi connectivity index (χ1) is 11.2. The van der Waals surface area contributed by atoms with Crippen LogP contribution in [-0.2, 0) is 23.8 Å². The molecule has 1 saturated carbocycles. The van der Waals surface area contributed by atoms with Crippen molar-refractivity contribution in [1.29, 1.82) is 0 Å². The molecule has 0 saturated heterocycles. The van der Waals surface area contributed by atoms with Crippen LogP contribution in [0.25, 0.3) is 10.4 Å². The number of amides is 1. The number of carbonyl (C=O) groups is 2. The number of aldehydes is 1. The lowest BCUT2D eigenvalue weighted by Gasteiger charge is -2.28. The second-order valence-corrected chi connectivity index (χ2v) is 5.10. The van der Waals surface area contributed by atoms with Crippen molar-refractivity contribution in [3.8, 4) is 0 Å². The number of hydrogen-bond acceptors (Lipinski definition) is 7. The van der Waals surface area contributed by atoms with Crippen LogP contribution in [-0.4, -0.2) is 51.0 Å². The van der Waals surface area contributed by atoms with Crippen molar-refractivity contribution >= 4 is 12.2 Å². The van der Waals surface area contributed by atoms with Gasteiger partial charge >= 0.3 is 0 Å². The van der Waals surface area contributed by atoms with Gasteiger partial charge in [-0.05, 0) is 24.8 Å². The van der Waals surface area contributed by atoms with Gasteiger partial charge in [0, 0.05) is 10.8 Å². The van der Waals surface area contributed by atoms with E-state index in [9.17, 15) is 9.59 Å². The smallest absolute Gasteiger partial charge is 0.237 e. The number of hydrogen-bond donors (Lipinski definition) is 2. The minimum atomic E-state index is -0.774. The first kappa shape index (κ1) is 19.3. The van der Waals surface area contributed by atoms with Crippen molar-refractivity contribution in [2.45, 2.75) is 38.0 Å². The molecule has 3 N–H and O–H groups in total. The maximum absolute atomic E-state index is 11.6. The normalized spacial score (nSPS) is 22.0. The number of nitrogens with zero attached hydrogens (tertiary/aromatic N) is 3. The molecule has 3 unspecified atom stereocenters. The quantitative estimate of drug-likeness (QED) is 0.0820. The number of nitrogens with one attached hydrogen (secondary N) is 1. The summed E-state index contributed by atoms with van der Waals surface area (Å²) in [5.74, 6) is 4.81. The van der Waals surface area contributed by atoms with Crippen LogP contribution >= 0.6 is 0 Å². The van der Waals surface area contributed by atoms with Gasteiger partial charge in [0.2, 0.25) is 5.91 Å². The van der Waals surface area contributed by atoms with Crippen LogP contribution < -0.4 is 11.3 Å². The Kier molecular flexibility index (Phi) is 9.92. The van der Waals surface area contributed by atoms with Crippen molar-refractivity contribution in [3.05, 3.63) is 10.4 Å². The highest BCUT2D eigenvalue weighted by Crippen LogP contribution is 2.26. The van der Waals surface area contributed by atoms with Gasteiger partial charge in [0.15, 0.2) is 6.23 Å². The topological polar surface area (TPSA) is 149 Å². The molecule has 10 nitrogen and oxygen atoms in total. The highest BCUT2D eigenvalue weighted by Gasteiger charge is 2.27. The van der Waals surface area contributed by atoms with Crippen LogP contribution in [0.15, 0.2) is 5.11 Å². The maximum atomic E-state index is 11.6. The first-order valence-corrected chi connectivity index (χ1v) is 7.50. The van der Waals surface area contributed by atoms with Gasteiger partial charge in [0.05, 0.1) is 25.9 Å². The number of ether oxygens (including phenoxy) is 3. The van der Waals surface area contributed by atoms with Crippen molar-refractivity contribution in [1.82, 2.24) is 5.43 Å². The fourth-order valence-corrected chi connectivity index (χ4v) is 2.42. The summed E-state index contributed by atoms with van der Waals surface area (Å²) in [6, 6.07) is 0. The minimum absolute atomic E-state index is 0.00128. The predicted molar refractivity (Wildman–Crippen MR) is 79.8 cm³/mol. The van der Waals surface area contributed by atoms with Crippen LogP contribution in [0.3, 0.4) is 0 Å². The van der Waals surface area contributed by atoms with Gasteiger partial charge in [-0.25, -0.2) is 5.84 Å². The Labute approximate surface area is 134 Å². The zero-order valence-electron chi connectivity index (χ0n) is 12.9. The molecule has 0 heterocycles. The lowest BCUT2D eigenvalue weighted by molar-refractivity contribution is -0.128. The molecule has 130 valence electrons. The molecular formula is C13H23N5O5. The average molecular weight is 329 g/mol. The van der Waals surface area contributed by atoms with Crippen molar-refractivity contribution < 1.29 is 23.8 Å². The van der Waals surface area contributed by atoms with E-state index in [1.54, 1.807) is 0 Å². The molecule has 23 heavy (non-hydrogen) atoms. The Bertz CT molecular complexity index is 416. The SMILES string of the molecule is [N-]=[N+]=NC(COC1CCCC(C(=O)NN)C1)OCCOCC=O. The molecule has 3 atom stereocenters. The van der Waals surface area contributed by atoms with E-state index in [1.165, 1.54) is 0 Å². The summed E-state index contributed by atoms with van der Waals surface area (Å²) >= 11 is 0. The lowest BCUT2D eigenvalue weighted by atomic mass is 9.86. The summed E-state index contributed by atoms with van der Waals surface area (Å²) in [5.41, 5.74) is 10.7. The van der Waals surface area contributed by atoms with Crippen LogP contribution in [0.1, 0.15) is 25.7 Å². The van der Waals surface area contributed by atoms with Gasteiger partial charge in [-0.15, -0.1) is 0 Å². The third kappa shape index (κ3) is 7.91. The lowest BCUT2D eigenvalue weighted by Crippen LogP contribution is -2.39. The molecule has 0 bridgehead atoms. The molecule has 0 aromatic rings. The minimum Gasteiger partial charge on any atom is -0.375 e. The number of carbonyl (C=O) groups excluding carboxylic acids is 2. The number of rotatable bonds is 11. The summed E-state index contributed by atoms with van der Waals surface area (Å²) in [5, 5.41) is 3.51. The third-order valence-corrected chi connectivity index (χ3v) is 3.52. The summed E-state index contributed by atoms with van der Waals surface area (Å²) in [4.78, 5) is 24.4. The van der Waals surface area contributed by atoms with E-state index in [1.807, 2.05) is 0 Å². The van der Waals surface area contributed by atoms with Crippen LogP contribution in [0.4, 0.5) is 0 Å². The fraction of sp³-hybridized carbons (Fsp3) is 0.846. The maximum Gasteiger partial charge on any atom is 0.237 e. The van der Waals surface area contributed by atoms with Crippen molar-refractivity contribution in [2.24, 2.45) is 16.9 Å². The Morgan fingerprint density at radius 3 is 3.00 bits per heavy atom. The first-order valence-electron chi connectivity index (χ1n) is 7.50. The number of azide groups is 1. The van der Waals surface area contributed by atoms with E-state index in [2.05, 4.69) is 15.5 Å². The summed E-state index contributed by atoms with van der Waals surface area (Å²) in [7, 11) is 0. The molecule has 0 aliphatic heterocycles. The van der Waals surface area contributed by atoms with Gasteiger partial charge in [-0.3, -0.25) is 10.2 Å². The molecule has 1 fully saturated rings. The largest absolute Gasteiger partial charge is 0.375 e. The van der Waals surface area contributed by atoms with E-state index in [0.717, 1.165) is 19.3 Å². The van der Waals surface area contributed by atoms with Crippen LogP contribution in [0.5, 0.6) is 0 Å². The van der Waals surface area contributed by atoms with Gasteiger partial charge in [0.1, 0.15) is 12.9 Å². The Morgan fingerprint density at radius 2 is 2.30 bits per heavy atom. The molecule has 10 heteroatoms. The number of nitrogens with two attached hydrogens (primary N) is 1. The van der Waals surface area contributed by atoms with E-state index in [-0.39, 0.29) is 44.4 Å². The average Bonchev–Trinajstić information content (AvgIpc) is 2.59. The number of hydrazine groups is 1. The molecule has 1 aliphatic carbocycles. The molecule has 0 aromatic carbocycles. The molecule has 1 amide bonds. The van der Waals surface area contributed by atoms with Gasteiger partial charge in [-0.1, -0.05) is 11.5 Å². The Balaban J connectivity index is 2.31. The highest BCUT2D eigenvalue weighted by molar-refractivity contribution is 5.78.